The van der Waals surface area contributed by atoms with Gasteiger partial charge < -0.3 is 12.7 Å². The van der Waals surface area contributed by atoms with Crippen molar-refractivity contribution < 1.29 is 17.5 Å². The second-order valence-corrected chi connectivity index (χ2v) is 8.13. The minimum atomic E-state index is -0.684. The fraction of sp³-hybridized carbons (Fsp3) is 0.950. The fourth-order valence-electron chi connectivity index (χ4n) is 2.25. The smallest absolute Gasteiger partial charge is 0.481 e. The molecule has 25 heavy (non-hydrogen) atoms. The largest absolute Gasteiger partial charge is 0.650 e. The number of carbonyl (C=O) groups is 1. The lowest BCUT2D eigenvalue weighted by molar-refractivity contribution is -0.137. The second-order valence-electron chi connectivity index (χ2n) is 7.23. The summed E-state index contributed by atoms with van der Waals surface area (Å²) >= 11 is -0.684. The van der Waals surface area contributed by atoms with E-state index in [0.717, 1.165) is 12.8 Å². The van der Waals surface area contributed by atoms with Crippen LogP contribution in [0.1, 0.15) is 112 Å². The molecule has 0 unspecified atom stereocenters. The summed E-state index contributed by atoms with van der Waals surface area (Å²) in [5.41, 5.74) is 0. The number of hydrogen-bond acceptors (Lipinski definition) is 3. The highest BCUT2D eigenvalue weighted by molar-refractivity contribution is 6.18. The molecule has 0 aliphatic heterocycles. The first-order chi connectivity index (χ1) is 11.9. The van der Waals surface area contributed by atoms with Crippen molar-refractivity contribution in [2.75, 3.05) is 0 Å². The van der Waals surface area contributed by atoms with Gasteiger partial charge in [-0.15, -0.1) is 0 Å². The molecule has 0 rings (SSSR count). The van der Waals surface area contributed by atoms with E-state index in [1.165, 1.54) is 57.8 Å². The highest BCUT2D eigenvalue weighted by atomic mass is 27.2. The second kappa shape index (κ2) is 22.0. The minimum absolute atomic E-state index is 0.329. The Balaban J connectivity index is 0. The van der Waals surface area contributed by atoms with Gasteiger partial charge in [0.15, 0.2) is 0 Å². The standard InChI is InChI=1S/C14H28O2.2C3H7O.Al.H/c1-2-3-4-5-6-7-8-9-10-11-12-13-14(15)16;2*1-3(2)4;;/h2-13H2,1H3,(H,15,16);2*3H,1-2H3;;/q;2*-1;+2;. The van der Waals surface area contributed by atoms with Crippen molar-refractivity contribution in [3.8, 4) is 0 Å². The van der Waals surface area contributed by atoms with Crippen LogP contribution in [0.5, 0.6) is 0 Å². The summed E-state index contributed by atoms with van der Waals surface area (Å²) in [6, 6.07) is 0. The van der Waals surface area contributed by atoms with Crippen molar-refractivity contribution >= 4 is 21.9 Å². The van der Waals surface area contributed by atoms with Crippen molar-refractivity contribution in [1.29, 1.82) is 0 Å². The lowest BCUT2D eigenvalue weighted by atomic mass is 10.1. The molecule has 0 aromatic carbocycles. The fourth-order valence-corrected chi connectivity index (χ4v) is 2.87. The predicted molar refractivity (Wildman–Crippen MR) is 108 cm³/mol. The van der Waals surface area contributed by atoms with Gasteiger partial charge >= 0.3 is 21.9 Å². The lowest BCUT2D eigenvalue weighted by Crippen LogP contribution is -2.14. The van der Waals surface area contributed by atoms with Gasteiger partial charge in [-0.25, -0.2) is 0 Å². The van der Waals surface area contributed by atoms with Crippen LogP contribution < -0.4 is 0 Å². The Morgan fingerprint density at radius 2 is 1.12 bits per heavy atom. The van der Waals surface area contributed by atoms with E-state index in [0.29, 0.717) is 18.6 Å². The van der Waals surface area contributed by atoms with Crippen molar-refractivity contribution in [2.45, 2.75) is 124 Å². The van der Waals surface area contributed by atoms with Gasteiger partial charge in [-0.3, -0.25) is 4.79 Å². The van der Waals surface area contributed by atoms with Crippen LogP contribution in [0.15, 0.2) is 0 Å². The van der Waals surface area contributed by atoms with Gasteiger partial charge in [-0.2, -0.15) is 0 Å². The summed E-state index contributed by atoms with van der Waals surface area (Å²) in [5, 5.41) is 8.46. The molecule has 4 nitrogen and oxygen atoms in total. The van der Waals surface area contributed by atoms with Crippen molar-refractivity contribution in [3.05, 3.63) is 0 Å². The van der Waals surface area contributed by atoms with Crippen molar-refractivity contribution in [1.82, 2.24) is 0 Å². The van der Waals surface area contributed by atoms with Crippen LogP contribution >= 0.6 is 0 Å². The van der Waals surface area contributed by atoms with Crippen LogP contribution in [0.4, 0.5) is 0 Å². The summed E-state index contributed by atoms with van der Waals surface area (Å²) in [4.78, 5) is 10.3. The molecule has 0 aromatic rings. The summed E-state index contributed by atoms with van der Waals surface area (Å²) in [6.07, 6.45) is 15.0. The predicted octanol–water partition coefficient (Wildman–Crippen LogP) is 5.88. The van der Waals surface area contributed by atoms with Crippen LogP contribution in [0.2, 0.25) is 0 Å². The van der Waals surface area contributed by atoms with Crippen LogP contribution in [0.3, 0.4) is 0 Å². The zero-order valence-corrected chi connectivity index (χ0v) is 18.9. The first-order valence-electron chi connectivity index (χ1n) is 10.3. The molecule has 0 amide bonds. The molecule has 0 saturated heterocycles. The van der Waals surface area contributed by atoms with Crippen LogP contribution in [0.25, 0.3) is 0 Å². The molecule has 0 aliphatic rings. The zero-order valence-electron chi connectivity index (χ0n) is 17.5. The van der Waals surface area contributed by atoms with Gasteiger partial charge in [0.1, 0.15) is 0 Å². The van der Waals surface area contributed by atoms with E-state index >= 15 is 0 Å². The normalized spacial score (nSPS) is 10.7. The highest BCUT2D eigenvalue weighted by Gasteiger charge is 2.01. The number of rotatable bonds is 16. The molecule has 0 atom stereocenters. The average molecular weight is 375 g/mol. The van der Waals surface area contributed by atoms with Gasteiger partial charge in [0.25, 0.3) is 0 Å². The molecule has 0 aliphatic carbocycles. The Bertz CT molecular complexity index is 262. The van der Waals surface area contributed by atoms with Gasteiger partial charge in [-0.05, 0) is 34.1 Å². The van der Waals surface area contributed by atoms with Gasteiger partial charge in [0, 0.05) is 18.6 Å². The molecule has 150 valence electrons. The van der Waals surface area contributed by atoms with E-state index < -0.39 is 21.9 Å². The maximum Gasteiger partial charge on any atom is 0.650 e. The van der Waals surface area contributed by atoms with E-state index in [1.807, 2.05) is 27.7 Å². The highest BCUT2D eigenvalue weighted by Crippen LogP contribution is 2.11. The Labute approximate surface area is 163 Å². The van der Waals surface area contributed by atoms with Crippen molar-refractivity contribution in [3.63, 3.8) is 0 Å². The monoisotopic (exact) mass is 374 g/mol. The number of carboxylic acid groups (broad SMARTS) is 1. The number of carboxylic acids is 1. The van der Waals surface area contributed by atoms with Gasteiger partial charge in [0.2, 0.25) is 0 Å². The van der Waals surface area contributed by atoms with Crippen LogP contribution in [-0.4, -0.2) is 39.2 Å². The van der Waals surface area contributed by atoms with E-state index in [2.05, 4.69) is 6.92 Å². The first kappa shape index (κ1) is 27.1. The minimum Gasteiger partial charge on any atom is -0.481 e. The third-order valence-electron chi connectivity index (χ3n) is 3.80. The molecular weight excluding hydrogens is 331 g/mol. The molecule has 0 spiro atoms. The molecule has 5 heteroatoms. The molecule has 0 bridgehead atoms. The number of unbranched alkanes of at least 4 members (excludes halogenated alkanes) is 10. The van der Waals surface area contributed by atoms with Crippen molar-refractivity contribution in [2.24, 2.45) is 0 Å². The zero-order chi connectivity index (χ0) is 19.3. The molecule has 0 aromatic heterocycles. The van der Waals surface area contributed by atoms with Gasteiger partial charge in [0.05, 0.1) is 0 Å². The first-order valence-corrected chi connectivity index (χ1v) is 11.5. The van der Waals surface area contributed by atoms with E-state index in [-0.39, 0.29) is 0 Å². The summed E-state index contributed by atoms with van der Waals surface area (Å²) in [6.45, 7) is 10.3. The van der Waals surface area contributed by atoms with Gasteiger partial charge in [-0.1, -0.05) is 71.1 Å². The Morgan fingerprint density at radius 1 is 0.760 bits per heavy atom. The molecule has 0 fully saturated rings. The third kappa shape index (κ3) is 32.1. The van der Waals surface area contributed by atoms with E-state index in [1.54, 1.807) is 0 Å². The quantitative estimate of drug-likeness (QED) is 0.271. The molecule has 0 saturated carbocycles. The summed E-state index contributed by atoms with van der Waals surface area (Å²) in [5.74, 6) is -0.657. The Hall–Kier alpha value is -0.0775. The summed E-state index contributed by atoms with van der Waals surface area (Å²) in [7, 11) is 0. The SMILES string of the molecule is CC(C)[O][AlH][O]C(C)C.CCCCCCCCCCCCCC(=O)O. The topological polar surface area (TPSA) is 55.8 Å². The lowest BCUT2D eigenvalue weighted by Gasteiger charge is -2.09. The molecule has 0 heterocycles. The summed E-state index contributed by atoms with van der Waals surface area (Å²) < 4.78 is 10.5. The maximum atomic E-state index is 10.3. The van der Waals surface area contributed by atoms with Crippen LogP contribution in [-0.2, 0) is 12.4 Å². The average Bonchev–Trinajstić information content (AvgIpc) is 2.52. The third-order valence-corrected chi connectivity index (χ3v) is 5.40. The van der Waals surface area contributed by atoms with E-state index in [4.69, 9.17) is 12.7 Å². The maximum absolute atomic E-state index is 10.3. The Morgan fingerprint density at radius 3 is 1.44 bits per heavy atom. The Kier molecular flexibility index (Phi) is 23.8. The number of hydrogen-bond donors (Lipinski definition) is 1. The molecular formula is C20H43AlO4. The number of aliphatic carboxylic acids is 1. The van der Waals surface area contributed by atoms with E-state index in [9.17, 15) is 4.79 Å². The molecule has 0 radical (unpaired) electrons. The van der Waals surface area contributed by atoms with Crippen LogP contribution in [0, 0.1) is 0 Å². The molecule has 1 N–H and O–H groups in total.